The van der Waals surface area contributed by atoms with Gasteiger partial charge in [0.05, 0.1) is 6.54 Å². The van der Waals surface area contributed by atoms with Crippen LogP contribution in [0.2, 0.25) is 0 Å². The molecule has 1 heterocycles. The molecule has 17 heavy (non-hydrogen) atoms. The van der Waals surface area contributed by atoms with E-state index in [1.165, 1.54) is 0 Å². The van der Waals surface area contributed by atoms with Crippen molar-refractivity contribution in [2.24, 2.45) is 5.92 Å². The molecule has 0 bridgehead atoms. The van der Waals surface area contributed by atoms with Gasteiger partial charge in [0, 0.05) is 38.5 Å². The van der Waals surface area contributed by atoms with Crippen LogP contribution < -0.4 is 0 Å². The van der Waals surface area contributed by atoms with E-state index in [-0.39, 0.29) is 11.8 Å². The van der Waals surface area contributed by atoms with Crippen molar-refractivity contribution in [2.75, 3.05) is 32.7 Å². The standard InChI is InChI=1S/C13H24N2O2/c1-4-11-9-14(8-7-12(11)16)10-13(17)15(5-2)6-3/h11H,4-10H2,1-3H3. The lowest BCUT2D eigenvalue weighted by atomic mass is 9.94. The summed E-state index contributed by atoms with van der Waals surface area (Å²) < 4.78 is 0. The van der Waals surface area contributed by atoms with Gasteiger partial charge in [-0.2, -0.15) is 0 Å². The summed E-state index contributed by atoms with van der Waals surface area (Å²) in [7, 11) is 0. The molecule has 1 unspecified atom stereocenters. The molecular weight excluding hydrogens is 216 g/mol. The molecule has 0 aromatic heterocycles. The minimum Gasteiger partial charge on any atom is -0.342 e. The molecule has 1 saturated heterocycles. The Hall–Kier alpha value is -0.900. The van der Waals surface area contributed by atoms with Gasteiger partial charge in [0.15, 0.2) is 0 Å². The molecule has 1 amide bonds. The molecule has 4 nitrogen and oxygen atoms in total. The van der Waals surface area contributed by atoms with E-state index in [2.05, 4.69) is 4.90 Å². The maximum atomic E-state index is 11.9. The van der Waals surface area contributed by atoms with Gasteiger partial charge in [-0.15, -0.1) is 0 Å². The van der Waals surface area contributed by atoms with E-state index >= 15 is 0 Å². The summed E-state index contributed by atoms with van der Waals surface area (Å²) in [5.74, 6) is 0.673. The Morgan fingerprint density at radius 2 is 2.00 bits per heavy atom. The first kappa shape index (κ1) is 14.2. The number of hydrogen-bond donors (Lipinski definition) is 0. The van der Waals surface area contributed by atoms with E-state index in [1.807, 2.05) is 25.7 Å². The number of carbonyl (C=O) groups excluding carboxylic acids is 2. The average molecular weight is 240 g/mol. The van der Waals surface area contributed by atoms with Crippen molar-refractivity contribution in [3.05, 3.63) is 0 Å². The Morgan fingerprint density at radius 1 is 1.35 bits per heavy atom. The number of piperidine rings is 1. The molecule has 98 valence electrons. The Balaban J connectivity index is 2.47. The fourth-order valence-electron chi connectivity index (χ4n) is 2.35. The Morgan fingerprint density at radius 3 is 2.53 bits per heavy atom. The molecule has 1 aliphatic rings. The summed E-state index contributed by atoms with van der Waals surface area (Å²) in [4.78, 5) is 27.5. The van der Waals surface area contributed by atoms with Crippen LogP contribution >= 0.6 is 0 Å². The molecule has 0 aromatic carbocycles. The molecule has 0 saturated carbocycles. The number of carbonyl (C=O) groups is 2. The van der Waals surface area contributed by atoms with Crippen LogP contribution in [0, 0.1) is 5.92 Å². The van der Waals surface area contributed by atoms with Crippen LogP contribution in [-0.4, -0.2) is 54.2 Å². The average Bonchev–Trinajstić information content (AvgIpc) is 2.33. The minimum atomic E-state index is 0.133. The number of likely N-dealkylation sites (tertiary alicyclic amines) is 1. The smallest absolute Gasteiger partial charge is 0.236 e. The van der Waals surface area contributed by atoms with E-state index in [0.29, 0.717) is 18.7 Å². The zero-order valence-corrected chi connectivity index (χ0v) is 11.2. The van der Waals surface area contributed by atoms with Crippen LogP contribution in [-0.2, 0) is 9.59 Å². The fraction of sp³-hybridized carbons (Fsp3) is 0.846. The molecule has 0 N–H and O–H groups in total. The third-order valence-corrected chi connectivity index (χ3v) is 3.58. The lowest BCUT2D eigenvalue weighted by Crippen LogP contribution is -2.46. The van der Waals surface area contributed by atoms with Crippen LogP contribution in [0.4, 0.5) is 0 Å². The van der Waals surface area contributed by atoms with Crippen LogP contribution in [0.3, 0.4) is 0 Å². The molecule has 0 aliphatic carbocycles. The van der Waals surface area contributed by atoms with Gasteiger partial charge in [0.1, 0.15) is 5.78 Å². The van der Waals surface area contributed by atoms with Gasteiger partial charge in [0.25, 0.3) is 0 Å². The molecule has 1 fully saturated rings. The van der Waals surface area contributed by atoms with Crippen molar-refractivity contribution in [1.82, 2.24) is 9.80 Å². The molecule has 0 radical (unpaired) electrons. The highest BCUT2D eigenvalue weighted by Crippen LogP contribution is 2.15. The van der Waals surface area contributed by atoms with Crippen molar-refractivity contribution in [2.45, 2.75) is 33.6 Å². The summed E-state index contributed by atoms with van der Waals surface area (Å²) >= 11 is 0. The summed E-state index contributed by atoms with van der Waals surface area (Å²) in [6.45, 7) is 9.51. The molecule has 1 atom stereocenters. The predicted octanol–water partition coefficient (Wildman–Crippen LogP) is 1.16. The molecule has 4 heteroatoms. The van der Waals surface area contributed by atoms with E-state index < -0.39 is 0 Å². The quantitative estimate of drug-likeness (QED) is 0.724. The first-order valence-electron chi connectivity index (χ1n) is 6.65. The molecule has 1 rings (SSSR count). The Labute approximate surface area is 104 Å². The van der Waals surface area contributed by atoms with Gasteiger partial charge in [-0.3, -0.25) is 14.5 Å². The van der Waals surface area contributed by atoms with E-state index in [9.17, 15) is 9.59 Å². The van der Waals surface area contributed by atoms with E-state index in [4.69, 9.17) is 0 Å². The second-order valence-electron chi connectivity index (χ2n) is 4.62. The van der Waals surface area contributed by atoms with Gasteiger partial charge in [-0.25, -0.2) is 0 Å². The maximum absolute atomic E-state index is 11.9. The van der Waals surface area contributed by atoms with Crippen molar-refractivity contribution in [1.29, 1.82) is 0 Å². The first-order chi connectivity index (χ1) is 8.12. The number of likely N-dealkylation sites (N-methyl/N-ethyl adjacent to an activating group) is 1. The van der Waals surface area contributed by atoms with Crippen LogP contribution in [0.25, 0.3) is 0 Å². The van der Waals surface area contributed by atoms with Crippen LogP contribution in [0.5, 0.6) is 0 Å². The van der Waals surface area contributed by atoms with E-state index in [1.54, 1.807) is 0 Å². The summed E-state index contributed by atoms with van der Waals surface area (Å²) in [6.07, 6.45) is 1.48. The number of amides is 1. The SMILES string of the molecule is CCC1CN(CC(=O)N(CC)CC)CCC1=O. The highest BCUT2D eigenvalue weighted by Gasteiger charge is 2.27. The van der Waals surface area contributed by atoms with Crippen molar-refractivity contribution in [3.63, 3.8) is 0 Å². The van der Waals surface area contributed by atoms with E-state index in [0.717, 1.165) is 32.6 Å². The fourth-order valence-corrected chi connectivity index (χ4v) is 2.35. The van der Waals surface area contributed by atoms with Gasteiger partial charge < -0.3 is 4.90 Å². The summed E-state index contributed by atoms with van der Waals surface area (Å²) in [6, 6.07) is 0. The Bertz CT molecular complexity index is 275. The van der Waals surface area contributed by atoms with Crippen molar-refractivity contribution >= 4 is 11.7 Å². The highest BCUT2D eigenvalue weighted by atomic mass is 16.2. The number of nitrogens with zero attached hydrogens (tertiary/aromatic N) is 2. The zero-order chi connectivity index (χ0) is 12.8. The monoisotopic (exact) mass is 240 g/mol. The topological polar surface area (TPSA) is 40.6 Å². The lowest BCUT2D eigenvalue weighted by molar-refractivity contribution is -0.135. The summed E-state index contributed by atoms with van der Waals surface area (Å²) in [5.41, 5.74) is 0. The minimum absolute atomic E-state index is 0.133. The maximum Gasteiger partial charge on any atom is 0.236 e. The third-order valence-electron chi connectivity index (χ3n) is 3.58. The molecular formula is C13H24N2O2. The molecule has 0 spiro atoms. The number of ketones is 1. The van der Waals surface area contributed by atoms with Crippen LogP contribution in [0.1, 0.15) is 33.6 Å². The number of rotatable bonds is 5. The van der Waals surface area contributed by atoms with Crippen LogP contribution in [0.15, 0.2) is 0 Å². The van der Waals surface area contributed by atoms with Gasteiger partial charge in [0.2, 0.25) is 5.91 Å². The van der Waals surface area contributed by atoms with Gasteiger partial charge in [-0.1, -0.05) is 6.92 Å². The molecule has 0 aromatic rings. The highest BCUT2D eigenvalue weighted by molar-refractivity contribution is 5.83. The van der Waals surface area contributed by atoms with Gasteiger partial charge in [-0.05, 0) is 20.3 Å². The summed E-state index contributed by atoms with van der Waals surface area (Å²) in [5, 5.41) is 0. The van der Waals surface area contributed by atoms with Gasteiger partial charge >= 0.3 is 0 Å². The van der Waals surface area contributed by atoms with Crippen molar-refractivity contribution in [3.8, 4) is 0 Å². The zero-order valence-electron chi connectivity index (χ0n) is 11.2. The Kier molecular flexibility index (Phi) is 5.62. The predicted molar refractivity (Wildman–Crippen MR) is 67.8 cm³/mol. The third kappa shape index (κ3) is 3.80. The first-order valence-corrected chi connectivity index (χ1v) is 6.65. The lowest BCUT2D eigenvalue weighted by Gasteiger charge is -2.32. The largest absolute Gasteiger partial charge is 0.342 e. The number of Topliss-reactive ketones (excluding diaryl/α,β-unsaturated/α-hetero) is 1. The molecule has 1 aliphatic heterocycles. The second kappa shape index (κ2) is 6.74. The van der Waals surface area contributed by atoms with Crippen molar-refractivity contribution < 1.29 is 9.59 Å². The number of hydrogen-bond acceptors (Lipinski definition) is 3. The second-order valence-corrected chi connectivity index (χ2v) is 4.62. The normalized spacial score (nSPS) is 21.6.